The summed E-state index contributed by atoms with van der Waals surface area (Å²) in [5.74, 6) is -1.78. The molecule has 0 unspecified atom stereocenters. The monoisotopic (exact) mass is 497 g/mol. The quantitative estimate of drug-likeness (QED) is 0.405. The highest BCUT2D eigenvalue weighted by Gasteiger charge is 2.22. The minimum atomic E-state index is -0.680. The molecule has 3 amide bonds. The zero-order valence-corrected chi connectivity index (χ0v) is 20.6. The Balaban J connectivity index is 1.56. The number of thiophene rings is 1. The predicted octanol–water partition coefficient (Wildman–Crippen LogP) is 4.24. The third kappa shape index (κ3) is 7.03. The first kappa shape index (κ1) is 25.7. The second kappa shape index (κ2) is 12.0. The van der Waals surface area contributed by atoms with Crippen molar-refractivity contribution < 1.29 is 28.3 Å². The van der Waals surface area contributed by atoms with Crippen molar-refractivity contribution in [2.75, 3.05) is 30.3 Å². The molecule has 0 saturated heterocycles. The molecule has 0 saturated carbocycles. The topological polar surface area (TPSA) is 118 Å². The van der Waals surface area contributed by atoms with Crippen LogP contribution in [-0.4, -0.2) is 48.3 Å². The van der Waals surface area contributed by atoms with Crippen LogP contribution in [0, 0.1) is 13.8 Å². The molecule has 10 heteroatoms. The number of ether oxygens (including phenoxy) is 1. The fourth-order valence-electron chi connectivity index (χ4n) is 3.25. The van der Waals surface area contributed by atoms with Crippen molar-refractivity contribution in [2.45, 2.75) is 27.2 Å². The van der Waals surface area contributed by atoms with Crippen LogP contribution in [-0.2, 0) is 14.3 Å². The van der Waals surface area contributed by atoms with E-state index in [1.807, 2.05) is 32.0 Å². The third-order valence-electron chi connectivity index (χ3n) is 5.01. The number of para-hydroxylation sites is 1. The van der Waals surface area contributed by atoms with Crippen molar-refractivity contribution in [3.63, 3.8) is 0 Å². The highest BCUT2D eigenvalue weighted by molar-refractivity contribution is 7.18. The van der Waals surface area contributed by atoms with Gasteiger partial charge < -0.3 is 24.7 Å². The van der Waals surface area contributed by atoms with Gasteiger partial charge in [0, 0.05) is 12.2 Å². The molecule has 35 heavy (non-hydrogen) atoms. The van der Waals surface area contributed by atoms with Crippen LogP contribution >= 0.6 is 11.3 Å². The zero-order chi connectivity index (χ0) is 25.4. The minimum absolute atomic E-state index is 0.147. The molecule has 2 N–H and O–H groups in total. The number of carbonyl (C=O) groups excluding carboxylic acids is 4. The average Bonchev–Trinajstić information content (AvgIpc) is 3.48. The normalized spacial score (nSPS) is 10.5. The first-order valence-electron chi connectivity index (χ1n) is 11.0. The number of carbonyl (C=O) groups is 4. The van der Waals surface area contributed by atoms with Gasteiger partial charge in [0.15, 0.2) is 12.4 Å². The number of anilines is 2. The SMILES string of the molecule is CCCN(CC(=O)Nc1ccccc1C)C(=O)COC(=O)c1sc(NC(=O)c2ccco2)cc1C. The van der Waals surface area contributed by atoms with Gasteiger partial charge in [0.1, 0.15) is 4.88 Å². The number of nitrogens with one attached hydrogen (secondary N) is 2. The highest BCUT2D eigenvalue weighted by atomic mass is 32.1. The lowest BCUT2D eigenvalue weighted by Gasteiger charge is -2.21. The van der Waals surface area contributed by atoms with Crippen LogP contribution in [0.25, 0.3) is 0 Å². The Bertz CT molecular complexity index is 1200. The minimum Gasteiger partial charge on any atom is -0.459 e. The summed E-state index contributed by atoms with van der Waals surface area (Å²) in [5, 5.41) is 5.91. The van der Waals surface area contributed by atoms with E-state index in [0.717, 1.165) is 16.9 Å². The number of amides is 3. The number of rotatable bonds is 10. The van der Waals surface area contributed by atoms with Gasteiger partial charge in [-0.1, -0.05) is 25.1 Å². The lowest BCUT2D eigenvalue weighted by molar-refractivity contribution is -0.137. The van der Waals surface area contributed by atoms with Gasteiger partial charge in [-0.2, -0.15) is 0 Å². The number of benzene rings is 1. The predicted molar refractivity (Wildman–Crippen MR) is 133 cm³/mol. The largest absolute Gasteiger partial charge is 0.459 e. The Labute approximate surface area is 207 Å². The van der Waals surface area contributed by atoms with Crippen molar-refractivity contribution >= 4 is 45.7 Å². The second-order valence-corrected chi connectivity index (χ2v) is 8.86. The number of hydrogen-bond acceptors (Lipinski definition) is 7. The van der Waals surface area contributed by atoms with Crippen molar-refractivity contribution in [2.24, 2.45) is 0 Å². The molecule has 3 aromatic rings. The molecule has 2 heterocycles. The fraction of sp³-hybridized carbons (Fsp3) is 0.280. The van der Waals surface area contributed by atoms with Crippen LogP contribution in [0.3, 0.4) is 0 Å². The van der Waals surface area contributed by atoms with Gasteiger partial charge in [0.25, 0.3) is 11.8 Å². The van der Waals surface area contributed by atoms with Gasteiger partial charge in [-0.3, -0.25) is 14.4 Å². The molecule has 0 radical (unpaired) electrons. The van der Waals surface area contributed by atoms with E-state index in [2.05, 4.69) is 10.6 Å². The van der Waals surface area contributed by atoms with Crippen molar-refractivity contribution in [3.05, 3.63) is 70.5 Å². The van der Waals surface area contributed by atoms with Gasteiger partial charge in [0.2, 0.25) is 5.91 Å². The van der Waals surface area contributed by atoms with E-state index in [1.54, 1.807) is 25.1 Å². The molecule has 0 aliphatic heterocycles. The first-order chi connectivity index (χ1) is 16.8. The molecule has 184 valence electrons. The van der Waals surface area contributed by atoms with E-state index in [9.17, 15) is 19.2 Å². The smallest absolute Gasteiger partial charge is 0.349 e. The Hall–Kier alpha value is -3.92. The van der Waals surface area contributed by atoms with E-state index in [1.165, 1.54) is 17.2 Å². The Morgan fingerprint density at radius 2 is 1.80 bits per heavy atom. The van der Waals surface area contributed by atoms with Gasteiger partial charge in [-0.15, -0.1) is 11.3 Å². The van der Waals surface area contributed by atoms with Gasteiger partial charge >= 0.3 is 5.97 Å². The molecular formula is C25H27N3O6S. The molecule has 1 aromatic carbocycles. The van der Waals surface area contributed by atoms with Crippen LogP contribution < -0.4 is 10.6 Å². The van der Waals surface area contributed by atoms with E-state index < -0.39 is 24.4 Å². The summed E-state index contributed by atoms with van der Waals surface area (Å²) in [5.41, 5.74) is 2.19. The Morgan fingerprint density at radius 3 is 2.49 bits per heavy atom. The van der Waals surface area contributed by atoms with Crippen LogP contribution in [0.1, 0.15) is 44.7 Å². The molecule has 0 atom stereocenters. The summed E-state index contributed by atoms with van der Waals surface area (Å²) in [6, 6.07) is 12.1. The van der Waals surface area contributed by atoms with Crippen molar-refractivity contribution in [1.29, 1.82) is 0 Å². The fourth-order valence-corrected chi connectivity index (χ4v) is 4.21. The summed E-state index contributed by atoms with van der Waals surface area (Å²) in [6.45, 7) is 5.17. The van der Waals surface area contributed by atoms with Crippen LogP contribution in [0.2, 0.25) is 0 Å². The maximum Gasteiger partial charge on any atom is 0.349 e. The molecule has 0 fully saturated rings. The number of hydrogen-bond donors (Lipinski definition) is 2. The maximum atomic E-state index is 12.7. The number of esters is 1. The van der Waals surface area contributed by atoms with Gasteiger partial charge in [0.05, 0.1) is 17.8 Å². The summed E-state index contributed by atoms with van der Waals surface area (Å²) < 4.78 is 10.3. The number of aryl methyl sites for hydroxylation is 2. The molecule has 3 rings (SSSR count). The molecule has 0 aliphatic rings. The lowest BCUT2D eigenvalue weighted by atomic mass is 10.2. The molecule has 0 spiro atoms. The summed E-state index contributed by atoms with van der Waals surface area (Å²) in [7, 11) is 0. The van der Waals surface area contributed by atoms with Crippen LogP contribution in [0.5, 0.6) is 0 Å². The van der Waals surface area contributed by atoms with Gasteiger partial charge in [-0.25, -0.2) is 4.79 Å². The summed E-state index contributed by atoms with van der Waals surface area (Å²) in [4.78, 5) is 51.5. The molecule has 2 aromatic heterocycles. The Kier molecular flexibility index (Phi) is 8.80. The zero-order valence-electron chi connectivity index (χ0n) is 19.8. The second-order valence-electron chi connectivity index (χ2n) is 7.81. The standard InChI is InChI=1S/C25H27N3O6S/c1-4-11-28(14-20(29)26-18-9-6-5-8-16(18)2)22(30)15-34-25(32)23-17(3)13-21(35-23)27-24(31)19-10-7-12-33-19/h5-10,12-13H,4,11,14-15H2,1-3H3,(H,26,29)(H,27,31). The molecule has 0 aliphatic carbocycles. The Morgan fingerprint density at radius 1 is 1.03 bits per heavy atom. The third-order valence-corrected chi connectivity index (χ3v) is 6.14. The lowest BCUT2D eigenvalue weighted by Crippen LogP contribution is -2.40. The van der Waals surface area contributed by atoms with E-state index in [4.69, 9.17) is 9.15 Å². The maximum absolute atomic E-state index is 12.7. The molecule has 0 bridgehead atoms. The van der Waals surface area contributed by atoms with Gasteiger partial charge in [-0.05, 0) is 55.7 Å². The molecule has 9 nitrogen and oxygen atoms in total. The summed E-state index contributed by atoms with van der Waals surface area (Å²) in [6.07, 6.45) is 2.03. The number of nitrogens with zero attached hydrogens (tertiary/aromatic N) is 1. The molecular weight excluding hydrogens is 470 g/mol. The number of furan rings is 1. The van der Waals surface area contributed by atoms with Crippen LogP contribution in [0.4, 0.5) is 10.7 Å². The highest BCUT2D eigenvalue weighted by Crippen LogP contribution is 2.28. The van der Waals surface area contributed by atoms with E-state index in [-0.39, 0.29) is 23.1 Å². The first-order valence-corrected chi connectivity index (χ1v) is 11.9. The van der Waals surface area contributed by atoms with E-state index >= 15 is 0 Å². The van der Waals surface area contributed by atoms with Crippen molar-refractivity contribution in [1.82, 2.24) is 4.90 Å². The summed E-state index contributed by atoms with van der Waals surface area (Å²) >= 11 is 1.04. The van der Waals surface area contributed by atoms with Crippen LogP contribution in [0.15, 0.2) is 53.1 Å². The van der Waals surface area contributed by atoms with Crippen molar-refractivity contribution in [3.8, 4) is 0 Å². The average molecular weight is 498 g/mol. The van der Waals surface area contributed by atoms with E-state index in [0.29, 0.717) is 29.2 Å².